The quantitative estimate of drug-likeness (QED) is 0.802. The lowest BCUT2D eigenvalue weighted by Gasteiger charge is -2.10. The van der Waals surface area contributed by atoms with Gasteiger partial charge in [-0.1, -0.05) is 11.6 Å². The molecule has 1 aromatic carbocycles. The lowest BCUT2D eigenvalue weighted by atomic mass is 10.2. The van der Waals surface area contributed by atoms with E-state index in [2.05, 4.69) is 32.7 Å². The molecule has 90 valence electrons. The zero-order chi connectivity index (χ0) is 12.4. The average Bonchev–Trinajstić information content (AvgIpc) is 2.68. The van der Waals surface area contributed by atoms with Gasteiger partial charge in [-0.25, -0.2) is 0 Å². The van der Waals surface area contributed by atoms with Gasteiger partial charge in [0.2, 0.25) is 0 Å². The normalized spacial score (nSPS) is 10.5. The van der Waals surface area contributed by atoms with Crippen molar-refractivity contribution in [1.82, 2.24) is 0 Å². The van der Waals surface area contributed by atoms with Crippen molar-refractivity contribution in [3.8, 4) is 0 Å². The Kier molecular flexibility index (Phi) is 3.97. The highest BCUT2D eigenvalue weighted by atomic mass is 79.9. The molecule has 0 spiro atoms. The van der Waals surface area contributed by atoms with Crippen molar-refractivity contribution >= 4 is 50.2 Å². The van der Waals surface area contributed by atoms with Gasteiger partial charge in [0.1, 0.15) is 0 Å². The van der Waals surface area contributed by atoms with Crippen molar-refractivity contribution in [2.24, 2.45) is 0 Å². The predicted molar refractivity (Wildman–Crippen MR) is 79.9 cm³/mol. The fourth-order valence-corrected chi connectivity index (χ4v) is 3.08. The summed E-state index contributed by atoms with van der Waals surface area (Å²) >= 11 is 11.2. The molecule has 1 heterocycles. The van der Waals surface area contributed by atoms with Gasteiger partial charge in [-0.2, -0.15) is 0 Å². The van der Waals surface area contributed by atoms with E-state index in [9.17, 15) is 0 Å². The maximum absolute atomic E-state index is 6.00. The van der Waals surface area contributed by atoms with E-state index in [-0.39, 0.29) is 0 Å². The van der Waals surface area contributed by atoms with Gasteiger partial charge < -0.3 is 11.1 Å². The van der Waals surface area contributed by atoms with Crippen LogP contribution >= 0.6 is 38.9 Å². The van der Waals surface area contributed by atoms with Crippen molar-refractivity contribution in [2.45, 2.75) is 13.5 Å². The first-order chi connectivity index (χ1) is 8.06. The molecule has 3 N–H and O–H groups in total. The number of thiophene rings is 1. The Morgan fingerprint density at radius 3 is 2.82 bits per heavy atom. The van der Waals surface area contributed by atoms with Gasteiger partial charge in [0.25, 0.3) is 0 Å². The maximum Gasteiger partial charge on any atom is 0.0656 e. The summed E-state index contributed by atoms with van der Waals surface area (Å²) in [4.78, 5) is 1.27. The molecule has 0 aliphatic heterocycles. The molecule has 0 saturated carbocycles. The number of nitrogens with one attached hydrogen (secondary N) is 1. The van der Waals surface area contributed by atoms with Crippen LogP contribution in [-0.2, 0) is 6.54 Å². The number of nitrogen functional groups attached to an aromatic ring is 1. The molecule has 5 heteroatoms. The highest BCUT2D eigenvalue weighted by Gasteiger charge is 2.04. The first kappa shape index (κ1) is 12.7. The predicted octanol–water partition coefficient (Wildman–Crippen LogP) is 4.67. The molecule has 0 unspecified atom stereocenters. The second kappa shape index (κ2) is 5.29. The van der Waals surface area contributed by atoms with Gasteiger partial charge in [-0.05, 0) is 46.6 Å². The minimum atomic E-state index is 0.588. The number of hydrogen-bond donors (Lipinski definition) is 2. The van der Waals surface area contributed by atoms with Crippen LogP contribution in [0.5, 0.6) is 0 Å². The smallest absolute Gasteiger partial charge is 0.0656 e. The molecule has 2 aromatic rings. The third kappa shape index (κ3) is 3.15. The fourth-order valence-electron chi connectivity index (χ4n) is 1.52. The molecule has 17 heavy (non-hydrogen) atoms. The van der Waals surface area contributed by atoms with E-state index in [1.54, 1.807) is 11.3 Å². The van der Waals surface area contributed by atoms with Crippen molar-refractivity contribution < 1.29 is 0 Å². The molecule has 0 aliphatic rings. The van der Waals surface area contributed by atoms with E-state index in [1.165, 1.54) is 4.88 Å². The highest BCUT2D eigenvalue weighted by Crippen LogP contribution is 2.28. The molecule has 0 amide bonds. The Morgan fingerprint density at radius 2 is 2.18 bits per heavy atom. The van der Waals surface area contributed by atoms with E-state index < -0.39 is 0 Å². The van der Waals surface area contributed by atoms with Crippen LogP contribution < -0.4 is 11.1 Å². The Labute approximate surface area is 118 Å². The third-order valence-corrected chi connectivity index (χ3v) is 4.44. The van der Waals surface area contributed by atoms with Crippen LogP contribution in [0.2, 0.25) is 5.02 Å². The standard InChI is InChI=1S/C12H12BrClN2S/c1-7-2-11(15)10(14)4-12(7)16-5-9-3-8(13)6-17-9/h2-4,6,16H,5,15H2,1H3. The second-order valence-corrected chi connectivity index (χ2v) is 6.09. The number of benzene rings is 1. The number of rotatable bonds is 3. The Morgan fingerprint density at radius 1 is 1.41 bits per heavy atom. The second-order valence-electron chi connectivity index (χ2n) is 3.77. The lowest BCUT2D eigenvalue weighted by Crippen LogP contribution is -2.00. The van der Waals surface area contributed by atoms with Crippen LogP contribution in [0.1, 0.15) is 10.4 Å². The van der Waals surface area contributed by atoms with E-state index in [1.807, 2.05) is 19.1 Å². The zero-order valence-electron chi connectivity index (χ0n) is 9.26. The fraction of sp³-hybridized carbons (Fsp3) is 0.167. The molecule has 1 aromatic heterocycles. The van der Waals surface area contributed by atoms with E-state index >= 15 is 0 Å². The third-order valence-electron chi connectivity index (χ3n) is 2.42. The largest absolute Gasteiger partial charge is 0.398 e. The van der Waals surface area contributed by atoms with Crippen molar-refractivity contribution in [1.29, 1.82) is 0 Å². The lowest BCUT2D eigenvalue weighted by molar-refractivity contribution is 1.18. The first-order valence-corrected chi connectivity index (χ1v) is 7.13. The molecule has 0 fully saturated rings. The summed E-state index contributed by atoms with van der Waals surface area (Å²) in [6.07, 6.45) is 0. The molecule has 2 nitrogen and oxygen atoms in total. The van der Waals surface area contributed by atoms with Gasteiger partial charge in [-0.3, -0.25) is 0 Å². The van der Waals surface area contributed by atoms with Gasteiger partial charge >= 0.3 is 0 Å². The van der Waals surface area contributed by atoms with E-state index in [0.717, 1.165) is 22.3 Å². The molecule has 0 saturated heterocycles. The van der Waals surface area contributed by atoms with Crippen molar-refractivity contribution in [3.05, 3.63) is 43.5 Å². The van der Waals surface area contributed by atoms with Crippen molar-refractivity contribution in [2.75, 3.05) is 11.1 Å². The average molecular weight is 332 g/mol. The zero-order valence-corrected chi connectivity index (χ0v) is 12.4. The van der Waals surface area contributed by atoms with Crippen LogP contribution in [0.4, 0.5) is 11.4 Å². The monoisotopic (exact) mass is 330 g/mol. The van der Waals surface area contributed by atoms with Crippen LogP contribution in [0, 0.1) is 6.92 Å². The summed E-state index contributed by atoms with van der Waals surface area (Å²) in [5, 5.41) is 6.02. The Balaban J connectivity index is 2.11. The summed E-state index contributed by atoms with van der Waals surface area (Å²) in [5.41, 5.74) is 8.48. The van der Waals surface area contributed by atoms with Gasteiger partial charge in [0, 0.05) is 27.0 Å². The minimum Gasteiger partial charge on any atom is -0.398 e. The first-order valence-electron chi connectivity index (χ1n) is 5.08. The maximum atomic E-state index is 6.00. The number of hydrogen-bond acceptors (Lipinski definition) is 3. The molecular weight excluding hydrogens is 320 g/mol. The Hall–Kier alpha value is -0.710. The number of halogens is 2. The van der Waals surface area contributed by atoms with Crippen LogP contribution in [-0.4, -0.2) is 0 Å². The number of anilines is 2. The van der Waals surface area contributed by atoms with Gasteiger partial charge in [0.15, 0.2) is 0 Å². The highest BCUT2D eigenvalue weighted by molar-refractivity contribution is 9.10. The molecule has 0 bridgehead atoms. The molecule has 0 atom stereocenters. The molecule has 0 radical (unpaired) electrons. The van der Waals surface area contributed by atoms with Gasteiger partial charge in [0.05, 0.1) is 10.7 Å². The summed E-state index contributed by atoms with van der Waals surface area (Å²) in [6.45, 7) is 2.80. The topological polar surface area (TPSA) is 38.0 Å². The Bertz CT molecular complexity index is 539. The summed E-state index contributed by atoms with van der Waals surface area (Å²) in [5.74, 6) is 0. The van der Waals surface area contributed by atoms with Crippen LogP contribution in [0.25, 0.3) is 0 Å². The molecule has 2 rings (SSSR count). The van der Waals surface area contributed by atoms with Crippen molar-refractivity contribution in [3.63, 3.8) is 0 Å². The molecular formula is C12H12BrClN2S. The van der Waals surface area contributed by atoms with E-state index in [4.69, 9.17) is 17.3 Å². The number of nitrogens with two attached hydrogens (primary N) is 1. The molecule has 0 aliphatic carbocycles. The minimum absolute atomic E-state index is 0.588. The van der Waals surface area contributed by atoms with Gasteiger partial charge in [-0.15, -0.1) is 11.3 Å². The van der Waals surface area contributed by atoms with Crippen LogP contribution in [0.3, 0.4) is 0 Å². The number of aryl methyl sites for hydroxylation is 1. The SMILES string of the molecule is Cc1cc(N)c(Cl)cc1NCc1cc(Br)cs1. The van der Waals surface area contributed by atoms with Crippen LogP contribution in [0.15, 0.2) is 28.1 Å². The summed E-state index contributed by atoms with van der Waals surface area (Å²) in [6, 6.07) is 5.86. The summed E-state index contributed by atoms with van der Waals surface area (Å²) < 4.78 is 1.12. The van der Waals surface area contributed by atoms with E-state index in [0.29, 0.717) is 10.7 Å². The summed E-state index contributed by atoms with van der Waals surface area (Å²) in [7, 11) is 0.